The third-order valence-electron chi connectivity index (χ3n) is 3.11. The molecule has 0 atom stereocenters. The van der Waals surface area contributed by atoms with E-state index in [4.69, 9.17) is 0 Å². The average Bonchev–Trinajstić information content (AvgIpc) is 2.39. The Bertz CT molecular complexity index is 558. The Balaban J connectivity index is 2.23. The lowest BCUT2D eigenvalue weighted by Crippen LogP contribution is -2.23. The lowest BCUT2D eigenvalue weighted by molar-refractivity contribution is 0.826. The molecule has 1 heterocycles. The molecule has 20 heavy (non-hydrogen) atoms. The summed E-state index contributed by atoms with van der Waals surface area (Å²) < 4.78 is 0. The van der Waals surface area contributed by atoms with Gasteiger partial charge in [-0.3, -0.25) is 0 Å². The van der Waals surface area contributed by atoms with Gasteiger partial charge in [0, 0.05) is 18.8 Å². The van der Waals surface area contributed by atoms with Gasteiger partial charge in [-0.05, 0) is 51.0 Å². The third kappa shape index (κ3) is 3.44. The third-order valence-corrected chi connectivity index (χ3v) is 3.11. The average molecular weight is 271 g/mol. The van der Waals surface area contributed by atoms with E-state index in [0.29, 0.717) is 5.95 Å². The molecule has 106 valence electrons. The molecule has 0 radical (unpaired) electrons. The zero-order chi connectivity index (χ0) is 14.5. The van der Waals surface area contributed by atoms with Crippen molar-refractivity contribution in [2.24, 2.45) is 0 Å². The lowest BCUT2D eigenvalue weighted by Gasteiger charge is -2.19. The van der Waals surface area contributed by atoms with Crippen molar-refractivity contribution in [3.05, 3.63) is 35.5 Å². The molecule has 0 saturated carbocycles. The predicted octanol–water partition coefficient (Wildman–Crippen LogP) is 3.08. The summed E-state index contributed by atoms with van der Waals surface area (Å²) in [5.74, 6) is 1.37. The van der Waals surface area contributed by atoms with E-state index >= 15 is 0 Å². The molecule has 5 nitrogen and oxygen atoms in total. The maximum absolute atomic E-state index is 4.51. The molecule has 0 saturated heterocycles. The standard InChI is InChI=1S/C15H21N5/c1-5-20(6-2)14-10-16-19-15(18-14)17-13-8-11(3)7-12(4)9-13/h7-10H,5-6H2,1-4H3,(H,17,18,19). The highest BCUT2D eigenvalue weighted by Crippen LogP contribution is 2.18. The van der Waals surface area contributed by atoms with Crippen molar-refractivity contribution < 1.29 is 0 Å². The van der Waals surface area contributed by atoms with Crippen molar-refractivity contribution in [1.29, 1.82) is 0 Å². The van der Waals surface area contributed by atoms with Gasteiger partial charge in [-0.15, -0.1) is 5.10 Å². The largest absolute Gasteiger partial charge is 0.356 e. The lowest BCUT2D eigenvalue weighted by atomic mass is 10.1. The van der Waals surface area contributed by atoms with Gasteiger partial charge in [0.25, 0.3) is 0 Å². The van der Waals surface area contributed by atoms with E-state index < -0.39 is 0 Å². The first-order valence-electron chi connectivity index (χ1n) is 6.92. The van der Waals surface area contributed by atoms with Crippen LogP contribution in [0, 0.1) is 13.8 Å². The Hall–Kier alpha value is -2.17. The van der Waals surface area contributed by atoms with E-state index in [9.17, 15) is 0 Å². The van der Waals surface area contributed by atoms with Gasteiger partial charge < -0.3 is 10.2 Å². The fourth-order valence-corrected chi connectivity index (χ4v) is 2.22. The number of aryl methyl sites for hydroxylation is 2. The summed E-state index contributed by atoms with van der Waals surface area (Å²) in [5, 5.41) is 11.3. The van der Waals surface area contributed by atoms with Crippen LogP contribution in [0.2, 0.25) is 0 Å². The molecule has 0 aliphatic carbocycles. The highest BCUT2D eigenvalue weighted by atomic mass is 15.3. The van der Waals surface area contributed by atoms with Crippen LogP contribution in [0.3, 0.4) is 0 Å². The summed E-state index contributed by atoms with van der Waals surface area (Å²) in [7, 11) is 0. The highest BCUT2D eigenvalue weighted by Gasteiger charge is 2.06. The number of nitrogens with one attached hydrogen (secondary N) is 1. The second kappa shape index (κ2) is 6.32. The van der Waals surface area contributed by atoms with E-state index in [1.54, 1.807) is 6.20 Å². The van der Waals surface area contributed by atoms with Gasteiger partial charge in [-0.25, -0.2) is 0 Å². The Kier molecular flexibility index (Phi) is 4.50. The molecule has 0 bridgehead atoms. The van der Waals surface area contributed by atoms with Crippen molar-refractivity contribution in [1.82, 2.24) is 15.2 Å². The van der Waals surface area contributed by atoms with Crippen LogP contribution in [0.1, 0.15) is 25.0 Å². The van der Waals surface area contributed by atoms with Crippen LogP contribution in [0.15, 0.2) is 24.4 Å². The van der Waals surface area contributed by atoms with Gasteiger partial charge in [0.2, 0.25) is 5.95 Å². The molecule has 0 unspecified atom stereocenters. The van der Waals surface area contributed by atoms with Gasteiger partial charge in [-0.2, -0.15) is 10.1 Å². The van der Waals surface area contributed by atoms with Crippen molar-refractivity contribution in [2.45, 2.75) is 27.7 Å². The van der Waals surface area contributed by atoms with Crippen molar-refractivity contribution in [3.8, 4) is 0 Å². The van der Waals surface area contributed by atoms with E-state index in [-0.39, 0.29) is 0 Å². The summed E-state index contributed by atoms with van der Waals surface area (Å²) in [6, 6.07) is 6.28. The van der Waals surface area contributed by atoms with E-state index in [2.05, 4.69) is 71.3 Å². The molecule has 0 spiro atoms. The van der Waals surface area contributed by atoms with Crippen molar-refractivity contribution in [2.75, 3.05) is 23.3 Å². The molecule has 2 aromatic rings. The fourth-order valence-electron chi connectivity index (χ4n) is 2.22. The van der Waals surface area contributed by atoms with Crippen LogP contribution in [-0.2, 0) is 0 Å². The maximum atomic E-state index is 4.51. The molecular formula is C15H21N5. The van der Waals surface area contributed by atoms with E-state index in [0.717, 1.165) is 24.6 Å². The topological polar surface area (TPSA) is 53.9 Å². The molecule has 0 aliphatic heterocycles. The highest BCUT2D eigenvalue weighted by molar-refractivity contribution is 5.56. The second-order valence-corrected chi connectivity index (χ2v) is 4.81. The second-order valence-electron chi connectivity index (χ2n) is 4.81. The molecule has 1 aromatic heterocycles. The zero-order valence-corrected chi connectivity index (χ0v) is 12.5. The van der Waals surface area contributed by atoms with Gasteiger partial charge in [0.05, 0.1) is 6.20 Å². The Morgan fingerprint density at radius 3 is 2.30 bits per heavy atom. The van der Waals surface area contributed by atoms with Crippen molar-refractivity contribution >= 4 is 17.5 Å². The number of rotatable bonds is 5. The predicted molar refractivity (Wildman–Crippen MR) is 82.6 cm³/mol. The molecule has 2 rings (SSSR count). The number of benzene rings is 1. The monoisotopic (exact) mass is 271 g/mol. The van der Waals surface area contributed by atoms with Crippen LogP contribution in [0.25, 0.3) is 0 Å². The van der Waals surface area contributed by atoms with Crippen LogP contribution < -0.4 is 10.2 Å². The molecular weight excluding hydrogens is 250 g/mol. The maximum Gasteiger partial charge on any atom is 0.249 e. The number of nitrogens with zero attached hydrogens (tertiary/aromatic N) is 4. The van der Waals surface area contributed by atoms with Gasteiger partial charge in [0.1, 0.15) is 0 Å². The molecule has 1 N–H and O–H groups in total. The first kappa shape index (κ1) is 14.2. The Morgan fingerprint density at radius 1 is 1.05 bits per heavy atom. The smallest absolute Gasteiger partial charge is 0.249 e. The normalized spacial score (nSPS) is 10.4. The summed E-state index contributed by atoms with van der Waals surface area (Å²) in [5.41, 5.74) is 3.40. The molecule has 0 fully saturated rings. The van der Waals surface area contributed by atoms with Crippen LogP contribution >= 0.6 is 0 Å². The summed E-state index contributed by atoms with van der Waals surface area (Å²) >= 11 is 0. The Labute approximate surface area is 120 Å². The van der Waals surface area contributed by atoms with E-state index in [1.165, 1.54) is 11.1 Å². The first-order valence-corrected chi connectivity index (χ1v) is 6.92. The quantitative estimate of drug-likeness (QED) is 0.905. The summed E-state index contributed by atoms with van der Waals surface area (Å²) in [6.45, 7) is 10.1. The number of hydrogen-bond acceptors (Lipinski definition) is 5. The minimum absolute atomic E-state index is 0.527. The molecule has 5 heteroatoms. The van der Waals surface area contributed by atoms with Gasteiger partial charge in [0.15, 0.2) is 5.82 Å². The van der Waals surface area contributed by atoms with Gasteiger partial charge >= 0.3 is 0 Å². The van der Waals surface area contributed by atoms with E-state index in [1.807, 2.05) is 0 Å². The minimum Gasteiger partial charge on any atom is -0.356 e. The SMILES string of the molecule is CCN(CC)c1cnnc(Nc2cc(C)cc(C)c2)n1. The first-order chi connectivity index (χ1) is 9.62. The van der Waals surface area contributed by atoms with Crippen LogP contribution in [-0.4, -0.2) is 28.3 Å². The fraction of sp³-hybridized carbons (Fsp3) is 0.400. The number of anilines is 3. The van der Waals surface area contributed by atoms with Crippen LogP contribution in [0.4, 0.5) is 17.5 Å². The van der Waals surface area contributed by atoms with Crippen molar-refractivity contribution in [3.63, 3.8) is 0 Å². The molecule has 0 amide bonds. The summed E-state index contributed by atoms with van der Waals surface area (Å²) in [4.78, 5) is 6.65. The molecule has 1 aromatic carbocycles. The number of hydrogen-bond donors (Lipinski definition) is 1. The zero-order valence-electron chi connectivity index (χ0n) is 12.5. The van der Waals surface area contributed by atoms with Crippen LogP contribution in [0.5, 0.6) is 0 Å². The van der Waals surface area contributed by atoms with Gasteiger partial charge in [-0.1, -0.05) is 6.07 Å². The minimum atomic E-state index is 0.527. The molecule has 0 aliphatic rings. The summed E-state index contributed by atoms with van der Waals surface area (Å²) in [6.07, 6.45) is 1.69. The Morgan fingerprint density at radius 2 is 1.70 bits per heavy atom. The number of aromatic nitrogens is 3.